The topological polar surface area (TPSA) is 84.3 Å². The number of carbonyl (C=O) groups excluding carboxylic acids is 1. The number of hydrogen-bond donors (Lipinski definition) is 1. The van der Waals surface area contributed by atoms with E-state index >= 15 is 0 Å². The molecule has 0 bridgehead atoms. The van der Waals surface area contributed by atoms with Crippen molar-refractivity contribution in [1.29, 1.82) is 0 Å². The highest BCUT2D eigenvalue weighted by Gasteiger charge is 2.28. The molecule has 0 spiro atoms. The molecular weight excluding hydrogens is 280 g/mol. The highest BCUT2D eigenvalue weighted by atomic mass is 32.2. The molecule has 1 aromatic heterocycles. The minimum atomic E-state index is -3.15. The molecule has 112 valence electrons. The molecule has 1 saturated heterocycles. The molecule has 1 aromatic rings. The Kier molecular flexibility index (Phi) is 4.44. The second kappa shape index (κ2) is 5.92. The van der Waals surface area contributed by atoms with Crippen LogP contribution in [-0.4, -0.2) is 47.8 Å². The number of aryl methyl sites for hydroxylation is 1. The predicted molar refractivity (Wildman–Crippen MR) is 75.7 cm³/mol. The van der Waals surface area contributed by atoms with E-state index in [-0.39, 0.29) is 11.8 Å². The molecule has 20 heavy (non-hydrogen) atoms. The van der Waals surface area contributed by atoms with Crippen LogP contribution in [0.2, 0.25) is 0 Å². The van der Waals surface area contributed by atoms with Gasteiger partial charge < -0.3 is 5.32 Å². The molecule has 0 aromatic carbocycles. The maximum Gasteiger partial charge on any atom is 0.227 e. The van der Waals surface area contributed by atoms with Gasteiger partial charge in [-0.15, -0.1) is 0 Å². The number of aromatic nitrogens is 2. The van der Waals surface area contributed by atoms with Gasteiger partial charge in [0, 0.05) is 31.7 Å². The SMILES string of the molecule is CCn1cc(NC(=O)C2CCN(S(C)(=O)=O)CC2)cn1. The van der Waals surface area contributed by atoms with Crippen LogP contribution in [0.5, 0.6) is 0 Å². The number of amides is 1. The fraction of sp³-hybridized carbons (Fsp3) is 0.667. The summed E-state index contributed by atoms with van der Waals surface area (Å²) in [6.07, 6.45) is 5.71. The van der Waals surface area contributed by atoms with E-state index in [0.29, 0.717) is 31.6 Å². The summed E-state index contributed by atoms with van der Waals surface area (Å²) in [6, 6.07) is 0. The number of rotatable bonds is 4. The molecule has 2 rings (SSSR count). The van der Waals surface area contributed by atoms with E-state index in [2.05, 4.69) is 10.4 Å². The first kappa shape index (κ1) is 15.0. The lowest BCUT2D eigenvalue weighted by Crippen LogP contribution is -2.40. The summed E-state index contributed by atoms with van der Waals surface area (Å²) in [7, 11) is -3.15. The third-order valence-corrected chi connectivity index (χ3v) is 4.82. The standard InChI is InChI=1S/C12H20N4O3S/c1-3-15-9-11(8-13-15)14-12(17)10-4-6-16(7-5-10)20(2,18)19/h8-10H,3-7H2,1-2H3,(H,14,17). The second-order valence-electron chi connectivity index (χ2n) is 5.01. The molecule has 1 amide bonds. The zero-order valence-electron chi connectivity index (χ0n) is 11.7. The lowest BCUT2D eigenvalue weighted by Gasteiger charge is -2.29. The van der Waals surface area contributed by atoms with Crippen LogP contribution >= 0.6 is 0 Å². The molecule has 0 atom stereocenters. The fourth-order valence-corrected chi connectivity index (χ4v) is 3.17. The Morgan fingerprint density at radius 2 is 2.10 bits per heavy atom. The highest BCUT2D eigenvalue weighted by molar-refractivity contribution is 7.88. The van der Waals surface area contributed by atoms with Crippen LogP contribution in [0.3, 0.4) is 0 Å². The summed E-state index contributed by atoms with van der Waals surface area (Å²) in [5.74, 6) is -0.202. The largest absolute Gasteiger partial charge is 0.323 e. The number of nitrogens with zero attached hydrogens (tertiary/aromatic N) is 3. The van der Waals surface area contributed by atoms with Crippen molar-refractivity contribution in [2.75, 3.05) is 24.7 Å². The van der Waals surface area contributed by atoms with E-state index in [4.69, 9.17) is 0 Å². The van der Waals surface area contributed by atoms with Crippen LogP contribution in [0, 0.1) is 5.92 Å². The highest BCUT2D eigenvalue weighted by Crippen LogP contribution is 2.20. The normalized spacial score (nSPS) is 18.1. The van der Waals surface area contributed by atoms with Gasteiger partial charge in [0.25, 0.3) is 0 Å². The molecule has 7 nitrogen and oxygen atoms in total. The van der Waals surface area contributed by atoms with Crippen molar-refractivity contribution in [1.82, 2.24) is 14.1 Å². The van der Waals surface area contributed by atoms with Gasteiger partial charge in [0.2, 0.25) is 15.9 Å². The zero-order valence-corrected chi connectivity index (χ0v) is 12.6. The Hall–Kier alpha value is -1.41. The summed E-state index contributed by atoms with van der Waals surface area (Å²) in [5.41, 5.74) is 0.683. The van der Waals surface area contributed by atoms with Crippen LogP contribution in [0.15, 0.2) is 12.4 Å². The molecule has 1 N–H and O–H groups in total. The molecular formula is C12H20N4O3S. The van der Waals surface area contributed by atoms with Gasteiger partial charge in [-0.1, -0.05) is 0 Å². The maximum atomic E-state index is 12.1. The van der Waals surface area contributed by atoms with E-state index in [1.807, 2.05) is 6.92 Å². The van der Waals surface area contributed by atoms with Crippen molar-refractivity contribution in [2.45, 2.75) is 26.3 Å². The van der Waals surface area contributed by atoms with E-state index in [1.54, 1.807) is 17.1 Å². The maximum absolute atomic E-state index is 12.1. The summed E-state index contributed by atoms with van der Waals surface area (Å²) in [4.78, 5) is 12.1. The number of hydrogen-bond acceptors (Lipinski definition) is 4. The number of anilines is 1. The van der Waals surface area contributed by atoms with Gasteiger partial charge in [-0.3, -0.25) is 9.48 Å². The quantitative estimate of drug-likeness (QED) is 0.878. The summed E-state index contributed by atoms with van der Waals surface area (Å²) >= 11 is 0. The Bertz CT molecular complexity index is 573. The van der Waals surface area contributed by atoms with E-state index in [9.17, 15) is 13.2 Å². The van der Waals surface area contributed by atoms with Crippen molar-refractivity contribution < 1.29 is 13.2 Å². The van der Waals surface area contributed by atoms with Crippen molar-refractivity contribution in [3.63, 3.8) is 0 Å². The van der Waals surface area contributed by atoms with Gasteiger partial charge in [0.1, 0.15) is 0 Å². The summed E-state index contributed by atoms with van der Waals surface area (Å²) in [6.45, 7) is 3.54. The molecule has 8 heteroatoms. The van der Waals surface area contributed by atoms with Gasteiger partial charge >= 0.3 is 0 Å². The molecule has 1 aliphatic heterocycles. The zero-order chi connectivity index (χ0) is 14.8. The molecule has 0 aliphatic carbocycles. The van der Waals surface area contributed by atoms with E-state index in [0.717, 1.165) is 6.54 Å². The average molecular weight is 300 g/mol. The van der Waals surface area contributed by atoms with E-state index in [1.165, 1.54) is 10.6 Å². The lowest BCUT2D eigenvalue weighted by atomic mass is 9.97. The third kappa shape index (κ3) is 3.57. The molecule has 1 fully saturated rings. The lowest BCUT2D eigenvalue weighted by molar-refractivity contribution is -0.120. The first-order valence-corrected chi connectivity index (χ1v) is 8.53. The van der Waals surface area contributed by atoms with Gasteiger partial charge in [0.15, 0.2) is 0 Å². The van der Waals surface area contributed by atoms with Gasteiger partial charge in [-0.2, -0.15) is 5.10 Å². The third-order valence-electron chi connectivity index (χ3n) is 3.52. The second-order valence-corrected chi connectivity index (χ2v) is 6.99. The monoisotopic (exact) mass is 300 g/mol. The fourth-order valence-electron chi connectivity index (χ4n) is 2.30. The van der Waals surface area contributed by atoms with Crippen molar-refractivity contribution in [3.05, 3.63) is 12.4 Å². The molecule has 1 aliphatic rings. The van der Waals surface area contributed by atoms with Gasteiger partial charge in [-0.05, 0) is 19.8 Å². The van der Waals surface area contributed by atoms with Gasteiger partial charge in [0.05, 0.1) is 18.1 Å². The smallest absolute Gasteiger partial charge is 0.227 e. The Balaban J connectivity index is 1.89. The summed E-state index contributed by atoms with van der Waals surface area (Å²) in [5, 5.41) is 6.92. The minimum absolute atomic E-state index is 0.0613. The first-order valence-electron chi connectivity index (χ1n) is 6.68. The van der Waals surface area contributed by atoms with Crippen LogP contribution in [-0.2, 0) is 21.4 Å². The summed E-state index contributed by atoms with van der Waals surface area (Å²) < 4.78 is 26.0. The predicted octanol–water partition coefficient (Wildman–Crippen LogP) is 0.513. The minimum Gasteiger partial charge on any atom is -0.323 e. The van der Waals surface area contributed by atoms with Crippen molar-refractivity contribution >= 4 is 21.6 Å². The molecule has 0 saturated carbocycles. The number of piperidine rings is 1. The Morgan fingerprint density at radius 1 is 1.45 bits per heavy atom. The van der Waals surface area contributed by atoms with Crippen LogP contribution in [0.1, 0.15) is 19.8 Å². The molecule has 0 radical (unpaired) electrons. The Morgan fingerprint density at radius 3 is 2.60 bits per heavy atom. The molecule has 2 heterocycles. The van der Waals surface area contributed by atoms with Crippen LogP contribution in [0.4, 0.5) is 5.69 Å². The number of nitrogens with one attached hydrogen (secondary N) is 1. The average Bonchev–Trinajstić information content (AvgIpc) is 2.85. The number of sulfonamides is 1. The number of carbonyl (C=O) groups is 1. The Labute approximate surface area is 119 Å². The molecule has 0 unspecified atom stereocenters. The van der Waals surface area contributed by atoms with Crippen LogP contribution in [0.25, 0.3) is 0 Å². The van der Waals surface area contributed by atoms with Crippen molar-refractivity contribution in [3.8, 4) is 0 Å². The van der Waals surface area contributed by atoms with E-state index < -0.39 is 10.0 Å². The van der Waals surface area contributed by atoms with Crippen LogP contribution < -0.4 is 5.32 Å². The first-order chi connectivity index (χ1) is 9.40. The van der Waals surface area contributed by atoms with Crippen molar-refractivity contribution in [2.24, 2.45) is 5.92 Å². The van der Waals surface area contributed by atoms with Gasteiger partial charge in [-0.25, -0.2) is 12.7 Å².